The van der Waals surface area contributed by atoms with Crippen molar-refractivity contribution >= 4 is 23.4 Å². The van der Waals surface area contributed by atoms with Gasteiger partial charge in [0.25, 0.3) is 5.91 Å². The van der Waals surface area contributed by atoms with Crippen LogP contribution in [0.25, 0.3) is 0 Å². The van der Waals surface area contributed by atoms with Gasteiger partial charge in [-0.1, -0.05) is 67.9 Å². The van der Waals surface area contributed by atoms with Crippen molar-refractivity contribution in [2.75, 3.05) is 6.54 Å². The van der Waals surface area contributed by atoms with E-state index in [2.05, 4.69) is 10.6 Å². The summed E-state index contributed by atoms with van der Waals surface area (Å²) >= 11 is 6.10. The lowest BCUT2D eigenvalue weighted by molar-refractivity contribution is -0.121. The number of carbonyl (C=O) groups excluding carboxylic acids is 2. The molecule has 0 fully saturated rings. The SMILES string of the molecule is CC(C)CNC(=O)CC(NC(=O)c1ccccc1Cl)c1ccccc1. The van der Waals surface area contributed by atoms with Crippen LogP contribution in [0.1, 0.15) is 42.2 Å². The van der Waals surface area contributed by atoms with Crippen LogP contribution in [0.2, 0.25) is 5.02 Å². The number of benzene rings is 2. The summed E-state index contributed by atoms with van der Waals surface area (Å²) in [5.41, 5.74) is 1.27. The van der Waals surface area contributed by atoms with E-state index in [1.807, 2.05) is 44.2 Å². The third-order valence-electron chi connectivity index (χ3n) is 3.72. The van der Waals surface area contributed by atoms with Gasteiger partial charge in [0.2, 0.25) is 5.91 Å². The van der Waals surface area contributed by atoms with Gasteiger partial charge in [0.1, 0.15) is 0 Å². The van der Waals surface area contributed by atoms with Crippen molar-refractivity contribution in [3.63, 3.8) is 0 Å². The van der Waals surface area contributed by atoms with Gasteiger partial charge in [-0.3, -0.25) is 9.59 Å². The smallest absolute Gasteiger partial charge is 0.253 e. The minimum Gasteiger partial charge on any atom is -0.356 e. The van der Waals surface area contributed by atoms with Crippen LogP contribution < -0.4 is 10.6 Å². The highest BCUT2D eigenvalue weighted by atomic mass is 35.5. The Labute approximate surface area is 153 Å². The fourth-order valence-electron chi connectivity index (χ4n) is 2.39. The predicted molar refractivity (Wildman–Crippen MR) is 101 cm³/mol. The monoisotopic (exact) mass is 358 g/mol. The molecule has 0 aliphatic rings. The number of carbonyl (C=O) groups is 2. The first kappa shape index (κ1) is 19.0. The molecule has 0 radical (unpaired) electrons. The molecule has 0 aliphatic carbocycles. The van der Waals surface area contributed by atoms with Crippen LogP contribution in [0, 0.1) is 5.92 Å². The topological polar surface area (TPSA) is 58.2 Å². The molecule has 0 aromatic heterocycles. The summed E-state index contributed by atoms with van der Waals surface area (Å²) < 4.78 is 0. The molecule has 2 aromatic carbocycles. The average molecular weight is 359 g/mol. The normalized spacial score (nSPS) is 11.8. The predicted octanol–water partition coefficient (Wildman–Crippen LogP) is 3.97. The van der Waals surface area contributed by atoms with Crippen molar-refractivity contribution < 1.29 is 9.59 Å². The van der Waals surface area contributed by atoms with Gasteiger partial charge < -0.3 is 10.6 Å². The molecule has 1 atom stereocenters. The number of hydrogen-bond donors (Lipinski definition) is 2. The average Bonchev–Trinajstić information content (AvgIpc) is 2.60. The van der Waals surface area contributed by atoms with E-state index in [9.17, 15) is 9.59 Å². The van der Waals surface area contributed by atoms with Gasteiger partial charge in [0.15, 0.2) is 0 Å². The van der Waals surface area contributed by atoms with Crippen molar-refractivity contribution in [1.29, 1.82) is 0 Å². The first-order valence-electron chi connectivity index (χ1n) is 8.34. The molecule has 0 aliphatic heterocycles. The van der Waals surface area contributed by atoms with E-state index in [-0.39, 0.29) is 18.2 Å². The third-order valence-corrected chi connectivity index (χ3v) is 4.05. The molecule has 4 nitrogen and oxygen atoms in total. The van der Waals surface area contributed by atoms with Crippen LogP contribution in [-0.2, 0) is 4.79 Å². The number of amides is 2. The molecule has 132 valence electrons. The maximum Gasteiger partial charge on any atom is 0.253 e. The van der Waals surface area contributed by atoms with Gasteiger partial charge in [-0.05, 0) is 23.6 Å². The van der Waals surface area contributed by atoms with Crippen molar-refractivity contribution in [3.05, 3.63) is 70.7 Å². The number of rotatable bonds is 7. The zero-order valence-corrected chi connectivity index (χ0v) is 15.2. The Hall–Kier alpha value is -2.33. The molecule has 0 saturated carbocycles. The Morgan fingerprint density at radius 2 is 1.64 bits per heavy atom. The molecular weight excluding hydrogens is 336 g/mol. The molecule has 0 spiro atoms. The summed E-state index contributed by atoms with van der Waals surface area (Å²) in [6, 6.07) is 15.9. The summed E-state index contributed by atoms with van der Waals surface area (Å²) in [6.07, 6.45) is 0.174. The number of halogens is 1. The van der Waals surface area contributed by atoms with Crippen LogP contribution in [-0.4, -0.2) is 18.4 Å². The fraction of sp³-hybridized carbons (Fsp3) is 0.300. The number of nitrogens with one attached hydrogen (secondary N) is 2. The van der Waals surface area contributed by atoms with Gasteiger partial charge in [-0.2, -0.15) is 0 Å². The Bertz CT molecular complexity index is 717. The molecular formula is C20H23ClN2O2. The lowest BCUT2D eigenvalue weighted by Gasteiger charge is -2.20. The maximum absolute atomic E-state index is 12.6. The highest BCUT2D eigenvalue weighted by Crippen LogP contribution is 2.20. The van der Waals surface area contributed by atoms with Gasteiger partial charge >= 0.3 is 0 Å². The van der Waals surface area contributed by atoms with Gasteiger partial charge in [0, 0.05) is 6.54 Å². The van der Waals surface area contributed by atoms with Crippen molar-refractivity contribution in [3.8, 4) is 0 Å². The number of hydrogen-bond acceptors (Lipinski definition) is 2. The molecule has 25 heavy (non-hydrogen) atoms. The van der Waals surface area contributed by atoms with Gasteiger partial charge in [-0.25, -0.2) is 0 Å². The molecule has 0 heterocycles. The summed E-state index contributed by atoms with van der Waals surface area (Å²) in [5, 5.41) is 6.20. The Morgan fingerprint density at radius 1 is 1.00 bits per heavy atom. The standard InChI is InChI=1S/C20H23ClN2O2/c1-14(2)13-22-19(24)12-18(15-8-4-3-5-9-15)23-20(25)16-10-6-7-11-17(16)21/h3-11,14,18H,12-13H2,1-2H3,(H,22,24)(H,23,25). The van der Waals surface area contributed by atoms with E-state index in [1.165, 1.54) is 0 Å². The van der Waals surface area contributed by atoms with E-state index in [0.717, 1.165) is 5.56 Å². The van der Waals surface area contributed by atoms with Crippen molar-refractivity contribution in [2.24, 2.45) is 5.92 Å². The second kappa shape index (κ2) is 9.23. The summed E-state index contributed by atoms with van der Waals surface area (Å²) in [6.45, 7) is 4.68. The van der Waals surface area contributed by atoms with E-state index in [4.69, 9.17) is 11.6 Å². The zero-order chi connectivity index (χ0) is 18.2. The van der Waals surface area contributed by atoms with E-state index < -0.39 is 6.04 Å². The van der Waals surface area contributed by atoms with Gasteiger partial charge in [-0.15, -0.1) is 0 Å². The van der Waals surface area contributed by atoms with Crippen LogP contribution in [0.4, 0.5) is 0 Å². The second-order valence-electron chi connectivity index (χ2n) is 6.32. The highest BCUT2D eigenvalue weighted by Gasteiger charge is 2.20. The first-order chi connectivity index (χ1) is 12.0. The van der Waals surface area contributed by atoms with Crippen LogP contribution >= 0.6 is 11.6 Å². The summed E-state index contributed by atoms with van der Waals surface area (Å²) in [5.74, 6) is -0.0185. The van der Waals surface area contributed by atoms with Crippen LogP contribution in [0.3, 0.4) is 0 Å². The third kappa shape index (κ3) is 5.91. The lowest BCUT2D eigenvalue weighted by Crippen LogP contribution is -2.35. The molecule has 2 rings (SSSR count). The largest absolute Gasteiger partial charge is 0.356 e. The van der Waals surface area contributed by atoms with Crippen LogP contribution in [0.15, 0.2) is 54.6 Å². The van der Waals surface area contributed by atoms with Gasteiger partial charge in [0.05, 0.1) is 23.0 Å². The molecule has 2 N–H and O–H groups in total. The molecule has 2 aromatic rings. The van der Waals surface area contributed by atoms with E-state index >= 15 is 0 Å². The summed E-state index contributed by atoms with van der Waals surface area (Å²) in [4.78, 5) is 24.8. The fourth-order valence-corrected chi connectivity index (χ4v) is 2.62. The maximum atomic E-state index is 12.6. The Balaban J connectivity index is 2.13. The Morgan fingerprint density at radius 3 is 2.28 bits per heavy atom. The van der Waals surface area contributed by atoms with E-state index in [0.29, 0.717) is 23.0 Å². The minimum absolute atomic E-state index is 0.0954. The minimum atomic E-state index is -0.419. The summed E-state index contributed by atoms with van der Waals surface area (Å²) in [7, 11) is 0. The molecule has 5 heteroatoms. The molecule has 2 amide bonds. The zero-order valence-electron chi connectivity index (χ0n) is 14.5. The van der Waals surface area contributed by atoms with Crippen molar-refractivity contribution in [2.45, 2.75) is 26.3 Å². The second-order valence-corrected chi connectivity index (χ2v) is 6.73. The molecule has 0 bridgehead atoms. The molecule has 0 saturated heterocycles. The highest BCUT2D eigenvalue weighted by molar-refractivity contribution is 6.33. The van der Waals surface area contributed by atoms with Crippen LogP contribution in [0.5, 0.6) is 0 Å². The van der Waals surface area contributed by atoms with Crippen molar-refractivity contribution in [1.82, 2.24) is 10.6 Å². The lowest BCUT2D eigenvalue weighted by atomic mass is 10.0. The first-order valence-corrected chi connectivity index (χ1v) is 8.72. The quantitative estimate of drug-likeness (QED) is 0.786. The van der Waals surface area contributed by atoms with E-state index in [1.54, 1.807) is 24.3 Å². The Kier molecular flexibility index (Phi) is 7.02. The molecule has 1 unspecified atom stereocenters.